The van der Waals surface area contributed by atoms with Gasteiger partial charge >= 0.3 is 0 Å². The molecule has 0 bridgehead atoms. The second kappa shape index (κ2) is 4.94. The molecule has 5 nitrogen and oxygen atoms in total. The van der Waals surface area contributed by atoms with E-state index in [4.69, 9.17) is 5.73 Å². The SMILES string of the molecule is CC(C)(C(=O)NC1C=CS(=O)(=O)C1)c1ccc(N)cc1. The van der Waals surface area contributed by atoms with Crippen LogP contribution in [0.25, 0.3) is 0 Å². The summed E-state index contributed by atoms with van der Waals surface area (Å²) in [5, 5.41) is 3.90. The first kappa shape index (κ1) is 14.6. The van der Waals surface area contributed by atoms with Crippen molar-refractivity contribution in [3.8, 4) is 0 Å². The Bertz CT molecular complexity index is 646. The van der Waals surface area contributed by atoms with Crippen LogP contribution in [-0.4, -0.2) is 26.1 Å². The minimum Gasteiger partial charge on any atom is -0.399 e. The largest absolute Gasteiger partial charge is 0.399 e. The first-order valence-corrected chi connectivity index (χ1v) is 8.00. The van der Waals surface area contributed by atoms with Crippen LogP contribution in [0.1, 0.15) is 19.4 Å². The van der Waals surface area contributed by atoms with Crippen molar-refractivity contribution in [3.05, 3.63) is 41.3 Å². The van der Waals surface area contributed by atoms with Crippen molar-refractivity contribution in [1.82, 2.24) is 5.32 Å². The van der Waals surface area contributed by atoms with Crippen LogP contribution < -0.4 is 11.1 Å². The summed E-state index contributed by atoms with van der Waals surface area (Å²) in [6.07, 6.45) is 1.51. The van der Waals surface area contributed by atoms with Crippen molar-refractivity contribution in [1.29, 1.82) is 0 Å². The molecular weight excluding hydrogens is 276 g/mol. The third kappa shape index (κ3) is 3.01. The molecule has 2 rings (SSSR count). The van der Waals surface area contributed by atoms with Gasteiger partial charge in [0.25, 0.3) is 0 Å². The second-order valence-corrected chi connectivity index (χ2v) is 7.42. The summed E-state index contributed by atoms with van der Waals surface area (Å²) in [7, 11) is -3.17. The fraction of sp³-hybridized carbons (Fsp3) is 0.357. The van der Waals surface area contributed by atoms with Crippen LogP contribution in [-0.2, 0) is 20.0 Å². The van der Waals surface area contributed by atoms with E-state index in [1.54, 1.807) is 38.1 Å². The van der Waals surface area contributed by atoms with Gasteiger partial charge in [0.15, 0.2) is 9.84 Å². The average molecular weight is 294 g/mol. The Labute approximate surface area is 118 Å². The van der Waals surface area contributed by atoms with E-state index in [1.165, 1.54) is 6.08 Å². The molecule has 1 aromatic carbocycles. The van der Waals surface area contributed by atoms with Crippen LogP contribution in [0.2, 0.25) is 0 Å². The molecule has 1 heterocycles. The summed E-state index contributed by atoms with van der Waals surface area (Å²) in [5.74, 6) is -0.287. The third-order valence-electron chi connectivity index (χ3n) is 3.45. The summed E-state index contributed by atoms with van der Waals surface area (Å²) in [6, 6.07) is 6.63. The summed E-state index contributed by atoms with van der Waals surface area (Å²) >= 11 is 0. The first-order valence-electron chi connectivity index (χ1n) is 6.29. The van der Waals surface area contributed by atoms with Crippen molar-refractivity contribution in [2.24, 2.45) is 0 Å². The second-order valence-electron chi connectivity index (χ2n) is 5.49. The summed E-state index contributed by atoms with van der Waals surface area (Å²) in [6.45, 7) is 3.59. The monoisotopic (exact) mass is 294 g/mol. The predicted molar refractivity (Wildman–Crippen MR) is 78.7 cm³/mol. The van der Waals surface area contributed by atoms with Gasteiger partial charge in [-0.25, -0.2) is 8.42 Å². The lowest BCUT2D eigenvalue weighted by Gasteiger charge is -2.25. The molecule has 1 aromatic rings. The number of carbonyl (C=O) groups excluding carboxylic acids is 1. The Morgan fingerprint density at radius 1 is 1.30 bits per heavy atom. The Morgan fingerprint density at radius 3 is 2.40 bits per heavy atom. The standard InChI is InChI=1S/C14H18N2O3S/c1-14(2,10-3-5-11(15)6-4-10)13(17)16-12-7-8-20(18,19)9-12/h3-8,12H,9,15H2,1-2H3,(H,16,17). The van der Waals surface area contributed by atoms with Crippen molar-refractivity contribution in [2.45, 2.75) is 25.3 Å². The summed E-state index contributed by atoms with van der Waals surface area (Å²) in [5.41, 5.74) is 6.34. The number of nitrogens with two attached hydrogens (primary N) is 1. The van der Waals surface area contributed by atoms with E-state index in [0.29, 0.717) is 5.69 Å². The highest BCUT2D eigenvalue weighted by atomic mass is 32.2. The van der Waals surface area contributed by atoms with Crippen molar-refractivity contribution < 1.29 is 13.2 Å². The molecule has 0 spiro atoms. The van der Waals surface area contributed by atoms with E-state index in [9.17, 15) is 13.2 Å². The molecule has 0 saturated carbocycles. The zero-order valence-corrected chi connectivity index (χ0v) is 12.3. The first-order chi connectivity index (χ1) is 9.21. The lowest BCUT2D eigenvalue weighted by atomic mass is 9.83. The lowest BCUT2D eigenvalue weighted by molar-refractivity contribution is -0.125. The number of amides is 1. The number of rotatable bonds is 3. The Morgan fingerprint density at radius 2 is 1.90 bits per heavy atom. The molecule has 1 aliphatic heterocycles. The number of anilines is 1. The van der Waals surface area contributed by atoms with Gasteiger partial charge in [-0.05, 0) is 37.6 Å². The molecule has 1 amide bonds. The summed E-state index contributed by atoms with van der Waals surface area (Å²) in [4.78, 5) is 12.3. The fourth-order valence-electron chi connectivity index (χ4n) is 2.05. The maximum absolute atomic E-state index is 12.3. The van der Waals surface area contributed by atoms with Crippen molar-refractivity contribution in [2.75, 3.05) is 11.5 Å². The number of hydrogen-bond acceptors (Lipinski definition) is 4. The molecule has 0 aromatic heterocycles. The van der Waals surface area contributed by atoms with E-state index >= 15 is 0 Å². The van der Waals surface area contributed by atoms with Gasteiger partial charge in [-0.15, -0.1) is 0 Å². The molecule has 108 valence electrons. The number of nitrogens with one attached hydrogen (secondary N) is 1. The van der Waals surface area contributed by atoms with Crippen molar-refractivity contribution >= 4 is 21.4 Å². The Hall–Kier alpha value is -1.82. The van der Waals surface area contributed by atoms with E-state index < -0.39 is 21.3 Å². The van der Waals surface area contributed by atoms with Crippen LogP contribution in [0.15, 0.2) is 35.7 Å². The number of sulfone groups is 1. The number of benzene rings is 1. The molecule has 20 heavy (non-hydrogen) atoms. The van der Waals surface area contributed by atoms with Gasteiger partial charge < -0.3 is 11.1 Å². The number of hydrogen-bond donors (Lipinski definition) is 2. The highest BCUT2D eigenvalue weighted by Gasteiger charge is 2.32. The molecule has 6 heteroatoms. The van der Waals surface area contributed by atoms with E-state index in [0.717, 1.165) is 11.0 Å². The van der Waals surface area contributed by atoms with Gasteiger partial charge in [-0.3, -0.25) is 4.79 Å². The van der Waals surface area contributed by atoms with Gasteiger partial charge in [0.05, 0.1) is 17.2 Å². The van der Waals surface area contributed by atoms with Gasteiger partial charge in [0.1, 0.15) is 0 Å². The smallest absolute Gasteiger partial charge is 0.230 e. The normalized spacial score (nSPS) is 20.8. The predicted octanol–water partition coefficient (Wildman–Crippen LogP) is 0.973. The molecule has 1 unspecified atom stereocenters. The quantitative estimate of drug-likeness (QED) is 0.813. The zero-order valence-electron chi connectivity index (χ0n) is 11.5. The van der Waals surface area contributed by atoms with Gasteiger partial charge in [-0.1, -0.05) is 12.1 Å². The van der Waals surface area contributed by atoms with Gasteiger partial charge in [0, 0.05) is 11.1 Å². The summed E-state index contributed by atoms with van der Waals surface area (Å²) < 4.78 is 22.7. The molecule has 0 saturated heterocycles. The Kier molecular flexibility index (Phi) is 3.60. The highest BCUT2D eigenvalue weighted by molar-refractivity contribution is 7.94. The third-order valence-corrected chi connectivity index (χ3v) is 4.84. The molecule has 0 fully saturated rings. The average Bonchev–Trinajstić information content (AvgIpc) is 2.69. The van der Waals surface area contributed by atoms with Crippen LogP contribution in [0.3, 0.4) is 0 Å². The molecule has 1 atom stereocenters. The molecule has 1 aliphatic rings. The van der Waals surface area contributed by atoms with E-state index in [-0.39, 0.29) is 11.7 Å². The van der Waals surface area contributed by atoms with Crippen molar-refractivity contribution in [3.63, 3.8) is 0 Å². The highest BCUT2D eigenvalue weighted by Crippen LogP contribution is 2.25. The zero-order chi connectivity index (χ0) is 15.0. The molecule has 0 aliphatic carbocycles. The van der Waals surface area contributed by atoms with Crippen LogP contribution in [0, 0.1) is 0 Å². The molecule has 0 radical (unpaired) electrons. The number of carbonyl (C=O) groups is 1. The van der Waals surface area contributed by atoms with E-state index in [1.807, 2.05) is 0 Å². The fourth-order valence-corrected chi connectivity index (χ4v) is 3.28. The maximum Gasteiger partial charge on any atom is 0.230 e. The van der Waals surface area contributed by atoms with Crippen LogP contribution in [0.5, 0.6) is 0 Å². The van der Waals surface area contributed by atoms with E-state index in [2.05, 4.69) is 5.32 Å². The molecular formula is C14H18N2O3S. The van der Waals surface area contributed by atoms with Gasteiger partial charge in [-0.2, -0.15) is 0 Å². The molecule has 3 N–H and O–H groups in total. The van der Waals surface area contributed by atoms with Crippen LogP contribution >= 0.6 is 0 Å². The van der Waals surface area contributed by atoms with Crippen LogP contribution in [0.4, 0.5) is 5.69 Å². The lowest BCUT2D eigenvalue weighted by Crippen LogP contribution is -2.45. The maximum atomic E-state index is 12.3. The Balaban J connectivity index is 2.12. The topological polar surface area (TPSA) is 89.3 Å². The van der Waals surface area contributed by atoms with Gasteiger partial charge in [0.2, 0.25) is 5.91 Å². The minimum absolute atomic E-state index is 0.0729. The number of nitrogen functional groups attached to an aromatic ring is 1. The minimum atomic E-state index is -3.17.